The summed E-state index contributed by atoms with van der Waals surface area (Å²) in [5, 5.41) is 0.839. The van der Waals surface area contributed by atoms with Crippen LogP contribution in [0.15, 0.2) is 0 Å². The number of hydrogen-bond acceptors (Lipinski definition) is 7. The molecule has 1 saturated heterocycles. The molecule has 0 spiro atoms. The molecule has 0 saturated carbocycles. The molecular weight excluding hydrogens is 416 g/mol. The number of ether oxygens (including phenoxy) is 2. The van der Waals surface area contributed by atoms with Gasteiger partial charge in [-0.2, -0.15) is 0 Å². The zero-order chi connectivity index (χ0) is 22.6. The van der Waals surface area contributed by atoms with Crippen LogP contribution in [0.3, 0.4) is 0 Å². The van der Waals surface area contributed by atoms with E-state index in [1.54, 1.807) is 48.5 Å². The van der Waals surface area contributed by atoms with Crippen molar-refractivity contribution in [3.05, 3.63) is 0 Å². The van der Waals surface area contributed by atoms with E-state index in [2.05, 4.69) is 5.43 Å². The Kier molecular flexibility index (Phi) is 8.59. The fourth-order valence-electron chi connectivity index (χ4n) is 2.72. The van der Waals surface area contributed by atoms with Crippen LogP contribution in [0.5, 0.6) is 0 Å². The first-order valence-electron chi connectivity index (χ1n) is 9.71. The normalized spacial score (nSPS) is 23.7. The number of Topliss-reactive ketones (excluding diaryl/α,β-unsaturated/α-hetero) is 1. The van der Waals surface area contributed by atoms with E-state index in [0.717, 1.165) is 11.4 Å². The molecule has 0 bridgehead atoms. The van der Waals surface area contributed by atoms with Crippen molar-refractivity contribution in [2.75, 3.05) is 11.5 Å². The molecule has 29 heavy (non-hydrogen) atoms. The predicted molar refractivity (Wildman–Crippen MR) is 115 cm³/mol. The number of hydrogen-bond donors (Lipinski definition) is 1. The third kappa shape index (κ3) is 7.16. The van der Waals surface area contributed by atoms with Crippen molar-refractivity contribution < 1.29 is 28.1 Å². The van der Waals surface area contributed by atoms with Gasteiger partial charge in [-0.1, -0.05) is 6.92 Å². The van der Waals surface area contributed by atoms with Crippen LogP contribution < -0.4 is 5.43 Å². The molecule has 0 aromatic carbocycles. The summed E-state index contributed by atoms with van der Waals surface area (Å²) >= 11 is 1.35. The van der Waals surface area contributed by atoms with Crippen molar-refractivity contribution in [3.8, 4) is 0 Å². The van der Waals surface area contributed by atoms with Crippen molar-refractivity contribution in [3.63, 3.8) is 0 Å². The lowest BCUT2D eigenvalue weighted by Crippen LogP contribution is -2.60. The van der Waals surface area contributed by atoms with Crippen LogP contribution in [-0.4, -0.2) is 60.0 Å². The van der Waals surface area contributed by atoms with Gasteiger partial charge in [0.25, 0.3) is 0 Å². The molecule has 1 unspecified atom stereocenters. The smallest absolute Gasteiger partial charge is 0.429 e. The van der Waals surface area contributed by atoms with Gasteiger partial charge in [-0.3, -0.25) is 9.00 Å². The summed E-state index contributed by atoms with van der Waals surface area (Å²) in [7, 11) is -1.37. The number of hydrazine groups is 1. The molecule has 8 nitrogen and oxygen atoms in total. The van der Waals surface area contributed by atoms with E-state index in [0.29, 0.717) is 17.9 Å². The van der Waals surface area contributed by atoms with Gasteiger partial charge < -0.3 is 9.47 Å². The van der Waals surface area contributed by atoms with E-state index in [9.17, 15) is 18.6 Å². The molecule has 1 aliphatic heterocycles. The van der Waals surface area contributed by atoms with Gasteiger partial charge in [0, 0.05) is 16.6 Å². The van der Waals surface area contributed by atoms with Crippen molar-refractivity contribution in [2.24, 2.45) is 0 Å². The molecule has 10 heteroatoms. The molecule has 0 aliphatic carbocycles. The van der Waals surface area contributed by atoms with Crippen LogP contribution in [0.25, 0.3) is 0 Å². The molecule has 1 heterocycles. The molecule has 0 radical (unpaired) electrons. The Morgan fingerprint density at radius 3 is 2.14 bits per heavy atom. The summed E-state index contributed by atoms with van der Waals surface area (Å²) in [4.78, 5) is 38.4. The number of nitrogens with zero attached hydrogens (tertiary/aromatic N) is 1. The average molecular weight is 451 g/mol. The standard InChI is InChI=1S/C19H34N2O6S2/c1-9-19(28-11-10-12-29(19)25)14(22)13(2)21(16(24)27-18(6,7)8)20-15(23)26-17(3,4)5/h13H,9-12H2,1-8H3,(H,20,23)/t13-,19+,29?/m0/s1. The van der Waals surface area contributed by atoms with Crippen LogP contribution in [0.2, 0.25) is 0 Å². The monoisotopic (exact) mass is 450 g/mol. The van der Waals surface area contributed by atoms with E-state index in [4.69, 9.17) is 9.47 Å². The molecular formula is C19H34N2O6S2. The second-order valence-electron chi connectivity index (χ2n) is 8.86. The molecule has 0 aromatic heterocycles. The van der Waals surface area contributed by atoms with Crippen LogP contribution in [-0.2, 0) is 25.1 Å². The van der Waals surface area contributed by atoms with Gasteiger partial charge >= 0.3 is 12.2 Å². The first-order valence-corrected chi connectivity index (χ1v) is 12.0. The summed E-state index contributed by atoms with van der Waals surface area (Å²) < 4.78 is 22.2. The molecule has 1 rings (SSSR count). The highest BCUT2D eigenvalue weighted by Crippen LogP contribution is 2.39. The lowest BCUT2D eigenvalue weighted by atomic mass is 10.1. The van der Waals surface area contributed by atoms with Gasteiger partial charge in [0.1, 0.15) is 17.2 Å². The number of rotatable bonds is 4. The Balaban J connectivity index is 3.18. The SMILES string of the molecule is CC[C@@]1(C(=O)[C@H](C)N(NC(=O)OC(C)(C)C)C(=O)OC(C)(C)C)SCCCS1=O. The molecule has 1 aliphatic rings. The Labute approximate surface area is 180 Å². The minimum atomic E-state index is -1.37. The number of amides is 2. The van der Waals surface area contributed by atoms with E-state index in [-0.39, 0.29) is 5.78 Å². The molecule has 3 atom stereocenters. The third-order valence-corrected chi connectivity index (χ3v) is 8.23. The maximum atomic E-state index is 13.4. The predicted octanol–water partition coefficient (Wildman–Crippen LogP) is 3.61. The fraction of sp³-hybridized carbons (Fsp3) is 0.842. The van der Waals surface area contributed by atoms with Crippen LogP contribution >= 0.6 is 11.8 Å². The summed E-state index contributed by atoms with van der Waals surface area (Å²) in [6.45, 7) is 13.4. The summed E-state index contributed by atoms with van der Waals surface area (Å²) in [6, 6.07) is -1.09. The second kappa shape index (κ2) is 9.68. The second-order valence-corrected chi connectivity index (χ2v) is 12.3. The highest BCUT2D eigenvalue weighted by atomic mass is 32.2. The number of carbonyl (C=O) groups is 3. The largest absolute Gasteiger partial charge is 0.443 e. The van der Waals surface area contributed by atoms with Crippen molar-refractivity contribution >= 4 is 40.5 Å². The maximum absolute atomic E-state index is 13.4. The van der Waals surface area contributed by atoms with Gasteiger partial charge in [0.2, 0.25) is 0 Å². The average Bonchev–Trinajstić information content (AvgIpc) is 2.56. The zero-order valence-electron chi connectivity index (χ0n) is 18.6. The minimum absolute atomic E-state index is 0.363. The number of thioether (sulfide) groups is 1. The Morgan fingerprint density at radius 1 is 1.14 bits per heavy atom. The summed E-state index contributed by atoms with van der Waals surface area (Å²) in [5.41, 5.74) is 0.716. The van der Waals surface area contributed by atoms with Gasteiger partial charge in [0.15, 0.2) is 9.86 Å². The van der Waals surface area contributed by atoms with Crippen LogP contribution in [0, 0.1) is 0 Å². The number of carbonyl (C=O) groups excluding carboxylic acids is 3. The Hall–Kier alpha value is -1.29. The zero-order valence-corrected chi connectivity index (χ0v) is 20.3. The van der Waals surface area contributed by atoms with E-state index in [1.165, 1.54) is 18.7 Å². The Bertz CT molecular complexity index is 656. The van der Waals surface area contributed by atoms with Crippen molar-refractivity contribution in [1.29, 1.82) is 0 Å². The first kappa shape index (κ1) is 25.7. The van der Waals surface area contributed by atoms with Crippen molar-refractivity contribution in [2.45, 2.75) is 89.6 Å². The molecule has 0 aromatic rings. The van der Waals surface area contributed by atoms with Gasteiger partial charge in [-0.05, 0) is 67.1 Å². The number of nitrogens with one attached hydrogen (secondary N) is 1. The lowest BCUT2D eigenvalue weighted by Gasteiger charge is -2.38. The van der Waals surface area contributed by atoms with Gasteiger partial charge in [0.05, 0.1) is 0 Å². The van der Waals surface area contributed by atoms with E-state index in [1.807, 2.05) is 0 Å². The van der Waals surface area contributed by atoms with Crippen LogP contribution in [0.1, 0.15) is 68.2 Å². The molecule has 1 N–H and O–H groups in total. The number of ketones is 1. The quantitative estimate of drug-likeness (QED) is 0.653. The van der Waals surface area contributed by atoms with Crippen LogP contribution in [0.4, 0.5) is 9.59 Å². The maximum Gasteiger partial charge on any atom is 0.429 e. The molecule has 2 amide bonds. The molecule has 168 valence electrons. The lowest BCUT2D eigenvalue weighted by molar-refractivity contribution is -0.125. The molecule has 1 fully saturated rings. The van der Waals surface area contributed by atoms with Gasteiger partial charge in [-0.15, -0.1) is 11.8 Å². The van der Waals surface area contributed by atoms with Gasteiger partial charge in [-0.25, -0.2) is 20.0 Å². The Morgan fingerprint density at radius 2 is 1.69 bits per heavy atom. The highest BCUT2D eigenvalue weighted by Gasteiger charge is 2.49. The highest BCUT2D eigenvalue weighted by molar-refractivity contribution is 8.14. The first-order chi connectivity index (χ1) is 13.1. The van der Waals surface area contributed by atoms with E-state index >= 15 is 0 Å². The fourth-order valence-corrected chi connectivity index (χ4v) is 6.52. The summed E-state index contributed by atoms with van der Waals surface area (Å²) in [5.74, 6) is 0.764. The van der Waals surface area contributed by atoms with E-state index < -0.39 is 44.3 Å². The minimum Gasteiger partial charge on any atom is -0.443 e. The van der Waals surface area contributed by atoms with Crippen molar-refractivity contribution in [1.82, 2.24) is 10.4 Å². The third-order valence-electron chi connectivity index (χ3n) is 3.99. The topological polar surface area (TPSA) is 102 Å². The summed E-state index contributed by atoms with van der Waals surface area (Å²) in [6.07, 6.45) is -0.637.